The highest BCUT2D eigenvalue weighted by Gasteiger charge is 2.37. The molecule has 2 aliphatic heterocycles. The molecule has 2 aromatic rings. The zero-order chi connectivity index (χ0) is 20.6. The first-order valence-electron chi connectivity index (χ1n) is 10.3. The number of amides is 1. The van der Waals surface area contributed by atoms with Crippen LogP contribution in [-0.2, 0) is 15.0 Å². The molecule has 9 heteroatoms. The van der Waals surface area contributed by atoms with Gasteiger partial charge in [0.15, 0.2) is 0 Å². The van der Waals surface area contributed by atoms with Crippen molar-refractivity contribution in [3.05, 3.63) is 30.1 Å². The quantitative estimate of drug-likeness (QED) is 0.693. The number of imidazole rings is 1. The second-order valence-electron chi connectivity index (χ2n) is 8.17. The van der Waals surface area contributed by atoms with Gasteiger partial charge in [-0.1, -0.05) is 12.1 Å². The lowest BCUT2D eigenvalue weighted by atomic mass is 9.98. The van der Waals surface area contributed by atoms with E-state index in [1.807, 2.05) is 18.2 Å². The normalized spacial score (nSPS) is 22.4. The Morgan fingerprint density at radius 2 is 1.79 bits per heavy atom. The number of rotatable bonds is 5. The van der Waals surface area contributed by atoms with Gasteiger partial charge in [-0.05, 0) is 38.8 Å². The summed E-state index contributed by atoms with van der Waals surface area (Å²) < 4.78 is 31.8. The van der Waals surface area contributed by atoms with Gasteiger partial charge in [-0.2, -0.15) is 17.0 Å². The number of nitrogens with zero attached hydrogens (tertiary/aromatic N) is 5. The third kappa shape index (κ3) is 3.78. The molecule has 1 amide bonds. The van der Waals surface area contributed by atoms with Gasteiger partial charge in [-0.3, -0.25) is 4.79 Å². The number of hydrogen-bond acceptors (Lipinski definition) is 4. The number of fused-ring (bicyclic) bond motifs is 1. The average Bonchev–Trinajstić information content (AvgIpc) is 3.14. The Morgan fingerprint density at radius 3 is 2.48 bits per heavy atom. The Morgan fingerprint density at radius 1 is 1.07 bits per heavy atom. The summed E-state index contributed by atoms with van der Waals surface area (Å²) in [6, 6.07) is 8.35. The molecule has 0 N–H and O–H groups in total. The summed E-state index contributed by atoms with van der Waals surface area (Å²) in [5, 5.41) is 0. The van der Waals surface area contributed by atoms with Crippen molar-refractivity contribution in [2.45, 2.75) is 38.6 Å². The molecule has 158 valence electrons. The third-order valence-corrected chi connectivity index (χ3v) is 7.97. The highest BCUT2D eigenvalue weighted by molar-refractivity contribution is 7.86. The lowest BCUT2D eigenvalue weighted by Gasteiger charge is -2.38. The molecule has 0 radical (unpaired) electrons. The lowest BCUT2D eigenvalue weighted by Crippen LogP contribution is -2.54. The topological polar surface area (TPSA) is 78.8 Å². The molecule has 0 spiro atoms. The number of piperidine rings is 1. The van der Waals surface area contributed by atoms with Crippen molar-refractivity contribution in [2.75, 3.05) is 39.3 Å². The van der Waals surface area contributed by atoms with Gasteiger partial charge in [0.1, 0.15) is 5.82 Å². The lowest BCUT2D eigenvalue weighted by molar-refractivity contribution is -0.119. The Labute approximate surface area is 172 Å². The standard InChI is InChI=1S/C20H29N5O3S/c1-16(2)25-19-8-4-3-7-18(19)21-20(25)17-6-5-9-24(14-17)29(27,28)23-12-10-22(15-26)11-13-23/h3-4,7-8,15-17H,5-6,9-14H2,1-2H3/t17-/m1/s1. The van der Waals surface area contributed by atoms with E-state index in [1.54, 1.807) is 9.21 Å². The molecule has 0 unspecified atom stereocenters. The molecule has 1 atom stereocenters. The molecule has 8 nitrogen and oxygen atoms in total. The van der Waals surface area contributed by atoms with Crippen molar-refractivity contribution in [3.63, 3.8) is 0 Å². The fraction of sp³-hybridized carbons (Fsp3) is 0.600. The monoisotopic (exact) mass is 419 g/mol. The molecular weight excluding hydrogens is 390 g/mol. The summed E-state index contributed by atoms with van der Waals surface area (Å²) in [7, 11) is -3.53. The number of carbonyl (C=O) groups excluding carboxylic acids is 1. The first-order chi connectivity index (χ1) is 13.9. The van der Waals surface area contributed by atoms with Crippen LogP contribution in [0.25, 0.3) is 11.0 Å². The van der Waals surface area contributed by atoms with E-state index in [-0.39, 0.29) is 12.0 Å². The minimum absolute atomic E-state index is 0.0737. The van der Waals surface area contributed by atoms with Crippen LogP contribution in [0.2, 0.25) is 0 Å². The summed E-state index contributed by atoms with van der Waals surface area (Å²) in [4.78, 5) is 17.4. The molecule has 0 aliphatic carbocycles. The van der Waals surface area contributed by atoms with Crippen LogP contribution in [0.3, 0.4) is 0 Å². The van der Waals surface area contributed by atoms with E-state index >= 15 is 0 Å². The highest BCUT2D eigenvalue weighted by atomic mass is 32.2. The minimum Gasteiger partial charge on any atom is -0.343 e. The molecule has 29 heavy (non-hydrogen) atoms. The fourth-order valence-electron chi connectivity index (χ4n) is 4.46. The molecule has 0 saturated carbocycles. The molecule has 0 bridgehead atoms. The smallest absolute Gasteiger partial charge is 0.282 e. The number of hydrogen-bond donors (Lipinski definition) is 0. The molecular formula is C20H29N5O3S. The van der Waals surface area contributed by atoms with Crippen molar-refractivity contribution in [2.24, 2.45) is 0 Å². The van der Waals surface area contributed by atoms with Crippen LogP contribution >= 0.6 is 0 Å². The van der Waals surface area contributed by atoms with E-state index < -0.39 is 10.2 Å². The number of benzene rings is 1. The van der Waals surface area contributed by atoms with Crippen LogP contribution in [0.1, 0.15) is 44.5 Å². The second kappa shape index (κ2) is 8.04. The molecule has 2 saturated heterocycles. The molecule has 3 heterocycles. The first kappa shape index (κ1) is 20.3. The van der Waals surface area contributed by atoms with E-state index in [0.717, 1.165) is 36.1 Å². The van der Waals surface area contributed by atoms with Crippen molar-refractivity contribution < 1.29 is 13.2 Å². The van der Waals surface area contributed by atoms with Gasteiger partial charge in [0.25, 0.3) is 10.2 Å². The van der Waals surface area contributed by atoms with E-state index in [0.29, 0.717) is 39.3 Å². The number of para-hydroxylation sites is 2. The van der Waals surface area contributed by atoms with E-state index in [4.69, 9.17) is 4.98 Å². The molecule has 2 aliphatic rings. The van der Waals surface area contributed by atoms with Crippen LogP contribution in [0.15, 0.2) is 24.3 Å². The van der Waals surface area contributed by atoms with Crippen LogP contribution in [-0.4, -0.2) is 77.2 Å². The van der Waals surface area contributed by atoms with Crippen LogP contribution in [0, 0.1) is 0 Å². The Bertz CT molecular complexity index is 979. The van der Waals surface area contributed by atoms with Gasteiger partial charge in [0, 0.05) is 51.2 Å². The molecule has 1 aromatic carbocycles. The summed E-state index contributed by atoms with van der Waals surface area (Å²) in [6.07, 6.45) is 2.54. The number of piperazine rings is 1. The highest BCUT2D eigenvalue weighted by Crippen LogP contribution is 2.33. The summed E-state index contributed by atoms with van der Waals surface area (Å²) in [6.45, 7) is 6.87. The largest absolute Gasteiger partial charge is 0.343 e. The molecule has 4 rings (SSSR count). The van der Waals surface area contributed by atoms with Gasteiger partial charge in [0.2, 0.25) is 6.41 Å². The summed E-state index contributed by atoms with van der Waals surface area (Å²) >= 11 is 0. The minimum atomic E-state index is -3.53. The van der Waals surface area contributed by atoms with E-state index in [1.165, 1.54) is 4.31 Å². The maximum Gasteiger partial charge on any atom is 0.282 e. The predicted molar refractivity (Wildman–Crippen MR) is 112 cm³/mol. The number of carbonyl (C=O) groups is 1. The van der Waals surface area contributed by atoms with Gasteiger partial charge in [-0.25, -0.2) is 4.98 Å². The third-order valence-electron chi connectivity index (χ3n) is 5.96. The average molecular weight is 420 g/mol. The van der Waals surface area contributed by atoms with Crippen molar-refractivity contribution in [3.8, 4) is 0 Å². The van der Waals surface area contributed by atoms with E-state index in [2.05, 4.69) is 24.5 Å². The fourth-order valence-corrected chi connectivity index (χ4v) is 6.14. The van der Waals surface area contributed by atoms with Crippen molar-refractivity contribution >= 4 is 27.7 Å². The number of aromatic nitrogens is 2. The molecule has 2 fully saturated rings. The molecule has 1 aromatic heterocycles. The SMILES string of the molecule is CC(C)n1c([C@@H]2CCCN(S(=O)(=O)N3CCN(C=O)CC3)C2)nc2ccccc21. The first-order valence-corrected chi connectivity index (χ1v) is 11.7. The Kier molecular flexibility index (Phi) is 5.63. The summed E-state index contributed by atoms with van der Waals surface area (Å²) in [5.41, 5.74) is 2.06. The Hall–Kier alpha value is -1.97. The van der Waals surface area contributed by atoms with Crippen LogP contribution in [0.5, 0.6) is 0 Å². The Balaban J connectivity index is 1.58. The zero-order valence-electron chi connectivity index (χ0n) is 17.1. The van der Waals surface area contributed by atoms with Gasteiger partial charge in [0.05, 0.1) is 11.0 Å². The predicted octanol–water partition coefficient (Wildman–Crippen LogP) is 1.82. The maximum atomic E-state index is 13.2. The maximum absolute atomic E-state index is 13.2. The second-order valence-corrected chi connectivity index (χ2v) is 10.1. The van der Waals surface area contributed by atoms with Gasteiger partial charge in [-0.15, -0.1) is 0 Å². The van der Waals surface area contributed by atoms with Crippen LogP contribution in [0.4, 0.5) is 0 Å². The van der Waals surface area contributed by atoms with E-state index in [9.17, 15) is 13.2 Å². The van der Waals surface area contributed by atoms with Gasteiger partial charge < -0.3 is 9.47 Å². The van der Waals surface area contributed by atoms with Crippen molar-refractivity contribution in [1.82, 2.24) is 23.1 Å². The van der Waals surface area contributed by atoms with Crippen molar-refractivity contribution in [1.29, 1.82) is 0 Å². The van der Waals surface area contributed by atoms with Gasteiger partial charge >= 0.3 is 0 Å². The summed E-state index contributed by atoms with van der Waals surface area (Å²) in [5.74, 6) is 1.05. The van der Waals surface area contributed by atoms with Crippen LogP contribution < -0.4 is 0 Å². The zero-order valence-corrected chi connectivity index (χ0v) is 17.9.